The highest BCUT2D eigenvalue weighted by atomic mass is 16.1. The fraction of sp³-hybridized carbons (Fsp3) is 0.500. The average Bonchev–Trinajstić information content (AvgIpc) is 3.22. The van der Waals surface area contributed by atoms with Crippen LogP contribution in [0.1, 0.15) is 41.0 Å². The predicted molar refractivity (Wildman–Crippen MR) is 127 cm³/mol. The van der Waals surface area contributed by atoms with Crippen LogP contribution in [0.2, 0.25) is 0 Å². The van der Waals surface area contributed by atoms with Crippen LogP contribution in [-0.2, 0) is 4.79 Å². The SMILES string of the molecule is CCC(=C(C=CCN(CC)CC)C(CN)N(C=O)c1ccc2nc[nH]c2c1)C(C)C. The van der Waals surface area contributed by atoms with Crippen molar-refractivity contribution < 1.29 is 4.79 Å². The van der Waals surface area contributed by atoms with Gasteiger partial charge in [0.25, 0.3) is 0 Å². The summed E-state index contributed by atoms with van der Waals surface area (Å²) in [5.74, 6) is 0.376. The normalized spacial score (nSPS) is 14.0. The van der Waals surface area contributed by atoms with E-state index in [1.54, 1.807) is 11.2 Å². The number of carbonyl (C=O) groups is 1. The highest BCUT2D eigenvalue weighted by Crippen LogP contribution is 2.28. The molecule has 30 heavy (non-hydrogen) atoms. The van der Waals surface area contributed by atoms with E-state index in [2.05, 4.69) is 61.6 Å². The number of amides is 1. The van der Waals surface area contributed by atoms with Crippen LogP contribution >= 0.6 is 0 Å². The zero-order valence-corrected chi connectivity index (χ0v) is 19.1. The molecule has 3 N–H and O–H groups in total. The Balaban J connectivity index is 2.48. The second-order valence-corrected chi connectivity index (χ2v) is 7.75. The molecule has 2 aromatic rings. The van der Waals surface area contributed by atoms with Crippen molar-refractivity contribution in [3.05, 3.63) is 47.8 Å². The predicted octanol–water partition coefficient (Wildman–Crippen LogP) is 4.11. The van der Waals surface area contributed by atoms with Crippen LogP contribution < -0.4 is 10.6 Å². The number of aromatic amines is 1. The number of hydrogen-bond acceptors (Lipinski definition) is 4. The van der Waals surface area contributed by atoms with Gasteiger partial charge in [-0.3, -0.25) is 4.79 Å². The van der Waals surface area contributed by atoms with Crippen molar-refractivity contribution in [2.24, 2.45) is 11.7 Å². The van der Waals surface area contributed by atoms with Crippen LogP contribution in [-0.4, -0.2) is 53.5 Å². The molecule has 0 aliphatic rings. The van der Waals surface area contributed by atoms with E-state index in [4.69, 9.17) is 5.73 Å². The Hall–Kier alpha value is -2.44. The van der Waals surface area contributed by atoms with Crippen LogP contribution in [0.4, 0.5) is 5.69 Å². The lowest BCUT2D eigenvalue weighted by Gasteiger charge is -2.31. The summed E-state index contributed by atoms with van der Waals surface area (Å²) in [6.45, 7) is 14.2. The fourth-order valence-electron chi connectivity index (χ4n) is 3.98. The number of anilines is 1. The van der Waals surface area contributed by atoms with Gasteiger partial charge in [-0.05, 0) is 49.2 Å². The van der Waals surface area contributed by atoms with E-state index in [0.29, 0.717) is 12.5 Å². The first-order chi connectivity index (χ1) is 14.5. The number of fused-ring (bicyclic) bond motifs is 1. The Bertz CT molecular complexity index is 863. The van der Waals surface area contributed by atoms with Crippen molar-refractivity contribution in [2.75, 3.05) is 31.1 Å². The van der Waals surface area contributed by atoms with Crippen LogP contribution in [0, 0.1) is 5.92 Å². The monoisotopic (exact) mass is 411 g/mol. The van der Waals surface area contributed by atoms with E-state index in [-0.39, 0.29) is 6.04 Å². The van der Waals surface area contributed by atoms with Gasteiger partial charge >= 0.3 is 0 Å². The number of nitrogens with two attached hydrogens (primary N) is 1. The second-order valence-electron chi connectivity index (χ2n) is 7.75. The Morgan fingerprint density at radius 3 is 2.53 bits per heavy atom. The van der Waals surface area contributed by atoms with Gasteiger partial charge in [-0.25, -0.2) is 4.98 Å². The molecule has 0 radical (unpaired) electrons. The topological polar surface area (TPSA) is 78.2 Å². The van der Waals surface area contributed by atoms with Gasteiger partial charge in [0.05, 0.1) is 23.4 Å². The number of nitrogens with zero attached hydrogens (tertiary/aromatic N) is 3. The fourth-order valence-corrected chi connectivity index (χ4v) is 3.98. The third-order valence-electron chi connectivity index (χ3n) is 5.74. The number of imidazole rings is 1. The molecule has 0 fully saturated rings. The lowest BCUT2D eigenvalue weighted by Crippen LogP contribution is -2.42. The molecule has 6 nitrogen and oxygen atoms in total. The highest BCUT2D eigenvalue weighted by Gasteiger charge is 2.24. The first-order valence-electron chi connectivity index (χ1n) is 11.0. The average molecular weight is 412 g/mol. The van der Waals surface area contributed by atoms with Gasteiger partial charge in [0.2, 0.25) is 6.41 Å². The molecule has 164 valence electrons. The molecule has 1 unspecified atom stereocenters. The summed E-state index contributed by atoms with van der Waals surface area (Å²) in [5, 5.41) is 0. The largest absolute Gasteiger partial charge is 0.345 e. The minimum Gasteiger partial charge on any atom is -0.345 e. The Kier molecular flexibility index (Phi) is 9.27. The summed E-state index contributed by atoms with van der Waals surface area (Å²) in [7, 11) is 0. The molecule has 2 rings (SSSR count). The van der Waals surface area contributed by atoms with Crippen molar-refractivity contribution >= 4 is 23.1 Å². The molecular formula is C24H37N5O. The van der Waals surface area contributed by atoms with E-state index >= 15 is 0 Å². The van der Waals surface area contributed by atoms with E-state index in [1.807, 2.05) is 18.2 Å². The minimum absolute atomic E-state index is 0.229. The molecule has 0 spiro atoms. The van der Waals surface area contributed by atoms with Gasteiger partial charge < -0.3 is 20.5 Å². The van der Waals surface area contributed by atoms with Crippen molar-refractivity contribution in [1.82, 2.24) is 14.9 Å². The molecule has 0 saturated carbocycles. The highest BCUT2D eigenvalue weighted by molar-refractivity contribution is 5.85. The Labute approximate surface area is 180 Å². The summed E-state index contributed by atoms with van der Waals surface area (Å²) >= 11 is 0. The summed E-state index contributed by atoms with van der Waals surface area (Å²) in [5.41, 5.74) is 11.3. The number of allylic oxidation sites excluding steroid dienone is 1. The molecule has 0 aliphatic heterocycles. The Morgan fingerprint density at radius 2 is 1.97 bits per heavy atom. The maximum atomic E-state index is 12.2. The zero-order valence-electron chi connectivity index (χ0n) is 19.1. The first-order valence-corrected chi connectivity index (χ1v) is 11.0. The van der Waals surface area contributed by atoms with Gasteiger partial charge in [-0.1, -0.05) is 52.3 Å². The number of H-pyrrole nitrogens is 1. The number of benzene rings is 1. The number of aromatic nitrogens is 2. The summed E-state index contributed by atoms with van der Waals surface area (Å²) < 4.78 is 0. The van der Waals surface area contributed by atoms with Crippen LogP contribution in [0.3, 0.4) is 0 Å². The lowest BCUT2D eigenvalue weighted by molar-refractivity contribution is -0.107. The van der Waals surface area contributed by atoms with Crippen molar-refractivity contribution in [1.29, 1.82) is 0 Å². The standard InChI is InChI=1S/C24H37N5O/c1-6-20(18(4)5)21(10-9-13-28(7-2)8-3)24(15-25)29(17-30)19-11-12-22-23(14-19)27-16-26-22/h9-12,14,16-18,24H,6-8,13,15,25H2,1-5H3,(H,26,27). The van der Waals surface area contributed by atoms with Crippen molar-refractivity contribution in [2.45, 2.75) is 47.1 Å². The molecule has 1 aromatic carbocycles. The minimum atomic E-state index is -0.229. The maximum absolute atomic E-state index is 12.2. The molecule has 0 bridgehead atoms. The van der Waals surface area contributed by atoms with Gasteiger partial charge in [-0.15, -0.1) is 0 Å². The first kappa shape index (κ1) is 23.8. The maximum Gasteiger partial charge on any atom is 0.214 e. The van der Waals surface area contributed by atoms with Gasteiger partial charge in [-0.2, -0.15) is 0 Å². The van der Waals surface area contributed by atoms with E-state index in [0.717, 1.165) is 54.8 Å². The van der Waals surface area contributed by atoms with Crippen LogP contribution in [0.15, 0.2) is 47.8 Å². The van der Waals surface area contributed by atoms with E-state index in [1.165, 1.54) is 5.57 Å². The number of likely N-dealkylation sites (N-methyl/N-ethyl adjacent to an activating group) is 1. The molecule has 1 aromatic heterocycles. The third kappa shape index (κ3) is 5.58. The third-order valence-corrected chi connectivity index (χ3v) is 5.74. The van der Waals surface area contributed by atoms with Crippen molar-refractivity contribution in [3.63, 3.8) is 0 Å². The summed E-state index contributed by atoms with van der Waals surface area (Å²) in [6.07, 6.45) is 7.85. The van der Waals surface area contributed by atoms with E-state index in [9.17, 15) is 4.79 Å². The van der Waals surface area contributed by atoms with E-state index < -0.39 is 0 Å². The van der Waals surface area contributed by atoms with Crippen LogP contribution in [0.25, 0.3) is 11.0 Å². The Morgan fingerprint density at radius 1 is 1.23 bits per heavy atom. The van der Waals surface area contributed by atoms with Gasteiger partial charge in [0.1, 0.15) is 0 Å². The number of hydrogen-bond donors (Lipinski definition) is 2. The molecule has 0 saturated heterocycles. The number of carbonyl (C=O) groups excluding carboxylic acids is 1. The molecular weight excluding hydrogens is 374 g/mol. The molecule has 1 heterocycles. The summed E-state index contributed by atoms with van der Waals surface area (Å²) in [6, 6.07) is 5.58. The molecule has 1 amide bonds. The van der Waals surface area contributed by atoms with Gasteiger partial charge in [0.15, 0.2) is 0 Å². The number of nitrogens with one attached hydrogen (secondary N) is 1. The molecule has 0 aliphatic carbocycles. The van der Waals surface area contributed by atoms with Gasteiger partial charge in [0, 0.05) is 18.8 Å². The summed E-state index contributed by atoms with van der Waals surface area (Å²) in [4.78, 5) is 23.7. The zero-order chi connectivity index (χ0) is 22.1. The van der Waals surface area contributed by atoms with Crippen LogP contribution in [0.5, 0.6) is 0 Å². The molecule has 1 atom stereocenters. The second kappa shape index (κ2) is 11.7. The smallest absolute Gasteiger partial charge is 0.214 e. The quantitative estimate of drug-likeness (QED) is 0.407. The molecule has 6 heteroatoms. The lowest BCUT2D eigenvalue weighted by atomic mass is 9.89. The van der Waals surface area contributed by atoms with Crippen molar-refractivity contribution in [3.8, 4) is 0 Å². The number of rotatable bonds is 12.